The first kappa shape index (κ1) is 16.0. The molecule has 1 nitrogen and oxygen atoms in total. The van der Waals surface area contributed by atoms with Gasteiger partial charge in [-0.05, 0) is 30.2 Å². The van der Waals surface area contributed by atoms with E-state index in [1.807, 2.05) is 18.2 Å². The fraction of sp³-hybridized carbons (Fsp3) is 0.0400. The van der Waals surface area contributed by atoms with E-state index in [9.17, 15) is 0 Å². The van der Waals surface area contributed by atoms with Crippen LogP contribution in [0.15, 0.2) is 91.0 Å². The third-order valence-electron chi connectivity index (χ3n) is 5.31. The quantitative estimate of drug-likeness (QED) is 0.370. The van der Waals surface area contributed by atoms with Crippen LogP contribution in [0.5, 0.6) is 0 Å². The van der Waals surface area contributed by atoms with Gasteiger partial charge in [-0.2, -0.15) is 0 Å². The Morgan fingerprint density at radius 1 is 0.630 bits per heavy atom. The van der Waals surface area contributed by atoms with Crippen LogP contribution in [0.4, 0.5) is 0 Å². The summed E-state index contributed by atoms with van der Waals surface area (Å²) in [4.78, 5) is 0. The van der Waals surface area contributed by atoms with Crippen molar-refractivity contribution in [2.24, 2.45) is 0 Å². The van der Waals surface area contributed by atoms with Crippen molar-refractivity contribution in [1.82, 2.24) is 4.57 Å². The molecule has 0 amide bonds. The Hall–Kier alpha value is -3.26. The molecule has 0 saturated heterocycles. The topological polar surface area (TPSA) is 4.93 Å². The summed E-state index contributed by atoms with van der Waals surface area (Å²) in [6.45, 7) is 2.16. The van der Waals surface area contributed by atoms with E-state index in [1.165, 1.54) is 38.5 Å². The summed E-state index contributed by atoms with van der Waals surface area (Å²) in [5.41, 5.74) is 7.91. The highest BCUT2D eigenvalue weighted by atomic mass is 15.0. The Bertz CT molecular complexity index is 1300. The summed E-state index contributed by atoms with van der Waals surface area (Å²) in [6.07, 6.45) is 0. The minimum absolute atomic E-state index is 0.778. The highest BCUT2D eigenvalue weighted by Crippen LogP contribution is 2.38. The summed E-state index contributed by atoms with van der Waals surface area (Å²) in [5.74, 6) is 0. The molecule has 2 radical (unpaired) electrons. The zero-order valence-corrected chi connectivity index (χ0v) is 15.2. The molecule has 2 heteroatoms. The fourth-order valence-electron chi connectivity index (χ4n) is 4.05. The molecule has 0 atom stereocenters. The third kappa shape index (κ3) is 2.41. The van der Waals surface area contributed by atoms with Gasteiger partial charge in [0.2, 0.25) is 0 Å². The smallest absolute Gasteiger partial charge is 0.116 e. The SMILES string of the molecule is [B]c1ccccc1-n1c2ccccc2c2cccc(-c3ccccc3C)c21. The highest BCUT2D eigenvalue weighted by molar-refractivity contribution is 6.35. The van der Waals surface area contributed by atoms with E-state index < -0.39 is 0 Å². The summed E-state index contributed by atoms with van der Waals surface area (Å²) < 4.78 is 2.31. The average molecular weight is 343 g/mol. The largest absolute Gasteiger partial charge is 0.309 e. The molecule has 0 bridgehead atoms. The van der Waals surface area contributed by atoms with Gasteiger partial charge in [0.15, 0.2) is 0 Å². The second kappa shape index (κ2) is 6.17. The molecule has 0 aliphatic heterocycles. The van der Waals surface area contributed by atoms with Crippen molar-refractivity contribution >= 4 is 35.1 Å². The number of hydrogen-bond donors (Lipinski definition) is 0. The molecule has 1 aromatic heterocycles. The summed E-state index contributed by atoms with van der Waals surface area (Å²) in [7, 11) is 6.39. The maximum absolute atomic E-state index is 6.39. The van der Waals surface area contributed by atoms with Gasteiger partial charge in [0, 0.05) is 22.0 Å². The van der Waals surface area contributed by atoms with Crippen LogP contribution in [0.2, 0.25) is 0 Å². The van der Waals surface area contributed by atoms with E-state index in [4.69, 9.17) is 7.85 Å². The number of fused-ring (bicyclic) bond motifs is 3. The van der Waals surface area contributed by atoms with Crippen molar-refractivity contribution in [2.75, 3.05) is 0 Å². The number of aromatic nitrogens is 1. The predicted octanol–water partition coefficient (Wildman–Crippen LogP) is 5.55. The van der Waals surface area contributed by atoms with Crippen LogP contribution in [0.25, 0.3) is 38.6 Å². The van der Waals surface area contributed by atoms with Crippen LogP contribution in [0.3, 0.4) is 0 Å². The van der Waals surface area contributed by atoms with Crippen LogP contribution in [-0.2, 0) is 0 Å². The molecule has 5 rings (SSSR count). The number of nitrogens with zero attached hydrogens (tertiary/aromatic N) is 1. The second-order valence-electron chi connectivity index (χ2n) is 6.93. The Morgan fingerprint density at radius 3 is 2.15 bits per heavy atom. The zero-order valence-electron chi connectivity index (χ0n) is 15.2. The van der Waals surface area contributed by atoms with Crippen molar-refractivity contribution < 1.29 is 0 Å². The number of para-hydroxylation sites is 3. The van der Waals surface area contributed by atoms with Crippen LogP contribution in [0, 0.1) is 6.92 Å². The summed E-state index contributed by atoms with van der Waals surface area (Å²) in [5, 5.41) is 2.49. The Labute approximate surface area is 160 Å². The number of aryl methyl sites for hydroxylation is 1. The molecule has 4 aromatic carbocycles. The lowest BCUT2D eigenvalue weighted by atomic mass is 9.93. The maximum atomic E-state index is 6.39. The first-order chi connectivity index (χ1) is 13.3. The van der Waals surface area contributed by atoms with Crippen molar-refractivity contribution in [3.05, 3.63) is 96.6 Å². The Balaban J connectivity index is 2.01. The van der Waals surface area contributed by atoms with Crippen LogP contribution >= 0.6 is 0 Å². The normalized spacial score (nSPS) is 11.3. The summed E-state index contributed by atoms with van der Waals surface area (Å²) in [6, 6.07) is 31.7. The van der Waals surface area contributed by atoms with Crippen LogP contribution in [-0.4, -0.2) is 12.4 Å². The predicted molar refractivity (Wildman–Crippen MR) is 116 cm³/mol. The molecule has 5 aromatic rings. The van der Waals surface area contributed by atoms with Gasteiger partial charge in [-0.1, -0.05) is 84.3 Å². The Morgan fingerprint density at radius 2 is 1.30 bits per heavy atom. The molecule has 1 heterocycles. The summed E-state index contributed by atoms with van der Waals surface area (Å²) >= 11 is 0. The molecule has 27 heavy (non-hydrogen) atoms. The van der Waals surface area contributed by atoms with Gasteiger partial charge >= 0.3 is 0 Å². The monoisotopic (exact) mass is 343 g/mol. The molecular weight excluding hydrogens is 325 g/mol. The van der Waals surface area contributed by atoms with Gasteiger partial charge in [-0.15, -0.1) is 0 Å². The molecule has 126 valence electrons. The van der Waals surface area contributed by atoms with Gasteiger partial charge in [0.1, 0.15) is 7.85 Å². The molecule has 0 fully saturated rings. The maximum Gasteiger partial charge on any atom is 0.116 e. The van der Waals surface area contributed by atoms with E-state index >= 15 is 0 Å². The number of rotatable bonds is 2. The van der Waals surface area contributed by atoms with E-state index in [0.717, 1.165) is 11.2 Å². The van der Waals surface area contributed by atoms with Crippen molar-refractivity contribution in [1.29, 1.82) is 0 Å². The highest BCUT2D eigenvalue weighted by Gasteiger charge is 2.17. The van der Waals surface area contributed by atoms with Crippen LogP contribution < -0.4 is 5.46 Å². The Kier molecular flexibility index (Phi) is 3.65. The minimum atomic E-state index is 0.778. The van der Waals surface area contributed by atoms with E-state index in [0.29, 0.717) is 0 Å². The second-order valence-corrected chi connectivity index (χ2v) is 6.93. The van der Waals surface area contributed by atoms with E-state index in [1.54, 1.807) is 0 Å². The molecule has 0 N–H and O–H groups in total. The molecule has 0 aliphatic carbocycles. The fourth-order valence-corrected chi connectivity index (χ4v) is 4.05. The number of hydrogen-bond acceptors (Lipinski definition) is 0. The van der Waals surface area contributed by atoms with Gasteiger partial charge < -0.3 is 4.57 Å². The van der Waals surface area contributed by atoms with Gasteiger partial charge in [-0.3, -0.25) is 0 Å². The zero-order chi connectivity index (χ0) is 18.4. The van der Waals surface area contributed by atoms with Crippen molar-refractivity contribution in [3.8, 4) is 16.8 Å². The standard InChI is InChI=1S/C25H18BN/c1-17-9-2-3-10-18(17)20-12-8-13-21-19-11-4-6-15-23(19)27(25(20)21)24-16-7-5-14-22(24)26/h2-16H,1H3. The lowest BCUT2D eigenvalue weighted by molar-refractivity contribution is 1.19. The molecule has 0 saturated carbocycles. The van der Waals surface area contributed by atoms with Crippen LogP contribution in [0.1, 0.15) is 5.56 Å². The average Bonchev–Trinajstić information content (AvgIpc) is 3.04. The van der Waals surface area contributed by atoms with E-state index in [-0.39, 0.29) is 0 Å². The van der Waals surface area contributed by atoms with Crippen molar-refractivity contribution in [3.63, 3.8) is 0 Å². The minimum Gasteiger partial charge on any atom is -0.309 e. The third-order valence-corrected chi connectivity index (χ3v) is 5.31. The molecule has 0 unspecified atom stereocenters. The van der Waals surface area contributed by atoms with Gasteiger partial charge in [0.05, 0.1) is 11.0 Å². The lowest BCUT2D eigenvalue weighted by Crippen LogP contribution is -2.12. The molecule has 0 aliphatic rings. The number of benzene rings is 4. The lowest BCUT2D eigenvalue weighted by Gasteiger charge is -2.15. The van der Waals surface area contributed by atoms with Crippen molar-refractivity contribution in [2.45, 2.75) is 6.92 Å². The molecular formula is C25H18BN. The van der Waals surface area contributed by atoms with E-state index in [2.05, 4.69) is 84.3 Å². The first-order valence-corrected chi connectivity index (χ1v) is 9.19. The molecule has 0 spiro atoms. The van der Waals surface area contributed by atoms with Gasteiger partial charge in [0.25, 0.3) is 0 Å². The van der Waals surface area contributed by atoms with Gasteiger partial charge in [-0.25, -0.2) is 0 Å². The first-order valence-electron chi connectivity index (χ1n) is 9.19.